The van der Waals surface area contributed by atoms with Gasteiger partial charge >= 0.3 is 10.1 Å². The topological polar surface area (TPSA) is 70.4 Å². The Kier molecular flexibility index (Phi) is 7.61. The molecule has 1 heterocycles. The van der Waals surface area contributed by atoms with Crippen molar-refractivity contribution < 1.29 is 34.6 Å². The number of benzene rings is 2. The highest BCUT2D eigenvalue weighted by Crippen LogP contribution is 2.37. The maximum Gasteiger partial charge on any atom is 0.339 e. The standard InChI is InChI=1S/C26H19F5N2O3S/c27-21-22(28)24(30)26(25(31)23(21)29)36-37(34,35)20-11-7-2-1-6-10-18(20)19-15-33(14-17(19)12-32)13-16-8-4-3-5-9-16/h1-11,17,19H,13-15H2/b2-1-,6-1?,7-2?,10-6-,11-7-,18-10?,20-11?,20-18-. The van der Waals surface area contributed by atoms with Crippen LogP contribution in [0.3, 0.4) is 0 Å². The van der Waals surface area contributed by atoms with E-state index in [9.17, 15) is 35.6 Å². The zero-order chi connectivity index (χ0) is 26.7. The minimum absolute atomic E-state index is 0.103. The second-order valence-electron chi connectivity index (χ2n) is 8.38. The van der Waals surface area contributed by atoms with Crippen LogP contribution in [-0.4, -0.2) is 26.4 Å². The molecule has 2 unspecified atom stereocenters. The van der Waals surface area contributed by atoms with Crippen molar-refractivity contribution in [1.82, 2.24) is 4.90 Å². The number of nitrogens with zero attached hydrogens (tertiary/aromatic N) is 2. The first-order valence-electron chi connectivity index (χ1n) is 11.0. The summed E-state index contributed by atoms with van der Waals surface area (Å²) >= 11 is 0. The number of hydrogen-bond acceptors (Lipinski definition) is 5. The Bertz CT molecular complexity index is 1450. The van der Waals surface area contributed by atoms with Gasteiger partial charge in [0.25, 0.3) is 0 Å². The molecule has 2 aromatic rings. The number of halogens is 5. The molecule has 0 radical (unpaired) electrons. The highest BCUT2D eigenvalue weighted by molar-refractivity contribution is 7.91. The predicted molar refractivity (Wildman–Crippen MR) is 125 cm³/mol. The van der Waals surface area contributed by atoms with Crippen molar-refractivity contribution in [3.63, 3.8) is 0 Å². The van der Waals surface area contributed by atoms with E-state index in [0.717, 1.165) is 11.6 Å². The maximum absolute atomic E-state index is 14.2. The molecule has 4 rings (SSSR count). The van der Waals surface area contributed by atoms with Crippen LogP contribution in [0.2, 0.25) is 0 Å². The molecule has 0 N–H and O–H groups in total. The van der Waals surface area contributed by atoms with Crippen molar-refractivity contribution in [2.24, 2.45) is 11.8 Å². The first kappa shape index (κ1) is 26.3. The molecule has 5 nitrogen and oxygen atoms in total. The largest absolute Gasteiger partial charge is 0.372 e. The molecule has 0 aromatic heterocycles. The van der Waals surface area contributed by atoms with E-state index in [1.54, 1.807) is 6.08 Å². The molecular weight excluding hydrogens is 515 g/mol. The Morgan fingerprint density at radius 3 is 2.08 bits per heavy atom. The molecule has 2 aliphatic rings. The lowest BCUT2D eigenvalue weighted by atomic mass is 9.88. The molecule has 0 spiro atoms. The summed E-state index contributed by atoms with van der Waals surface area (Å²) in [7, 11) is -5.12. The van der Waals surface area contributed by atoms with E-state index in [0.29, 0.717) is 13.1 Å². The smallest absolute Gasteiger partial charge is 0.339 e. The van der Waals surface area contributed by atoms with Crippen LogP contribution in [0.4, 0.5) is 22.0 Å². The SMILES string of the molecule is N#CC1CN(Cc2ccccc2)CC1C1=C(S(=O)(=O)Oc2c(F)c(F)c(F)c(F)c2F)/C=C\C=C/C=C\1. The Labute approximate surface area is 210 Å². The predicted octanol–water partition coefficient (Wildman–Crippen LogP) is 5.30. The summed E-state index contributed by atoms with van der Waals surface area (Å²) in [6.07, 6.45) is 8.42. The third-order valence-electron chi connectivity index (χ3n) is 5.98. The molecule has 1 saturated heterocycles. The van der Waals surface area contributed by atoms with Crippen molar-refractivity contribution in [1.29, 1.82) is 5.26 Å². The summed E-state index contributed by atoms with van der Waals surface area (Å²) < 4.78 is 100. The lowest BCUT2D eigenvalue weighted by Gasteiger charge is -2.20. The monoisotopic (exact) mass is 534 g/mol. The van der Waals surface area contributed by atoms with Gasteiger partial charge in [-0.15, -0.1) is 0 Å². The van der Waals surface area contributed by atoms with Gasteiger partial charge in [0.1, 0.15) is 4.91 Å². The molecule has 1 fully saturated rings. The molecule has 37 heavy (non-hydrogen) atoms. The molecule has 1 aliphatic heterocycles. The van der Waals surface area contributed by atoms with Gasteiger partial charge in [-0.1, -0.05) is 60.7 Å². The van der Waals surface area contributed by atoms with Crippen molar-refractivity contribution in [3.8, 4) is 11.8 Å². The highest BCUT2D eigenvalue weighted by Gasteiger charge is 2.39. The van der Waals surface area contributed by atoms with Crippen LogP contribution in [0.5, 0.6) is 5.75 Å². The van der Waals surface area contributed by atoms with E-state index < -0.39 is 61.7 Å². The number of rotatable bonds is 6. The van der Waals surface area contributed by atoms with Gasteiger partial charge < -0.3 is 4.18 Å². The number of hydrogen-bond donors (Lipinski definition) is 0. The Hall–Kier alpha value is -3.75. The minimum atomic E-state index is -5.12. The lowest BCUT2D eigenvalue weighted by molar-refractivity contribution is 0.320. The lowest BCUT2D eigenvalue weighted by Crippen LogP contribution is -2.22. The fraction of sp³-hybridized carbons (Fsp3) is 0.192. The summed E-state index contributed by atoms with van der Waals surface area (Å²) in [4.78, 5) is 1.39. The van der Waals surface area contributed by atoms with Crippen LogP contribution in [0.15, 0.2) is 77.3 Å². The molecule has 2 atom stereocenters. The molecular formula is C26H19F5N2O3S. The van der Waals surface area contributed by atoms with Gasteiger partial charge in [-0.2, -0.15) is 22.5 Å². The van der Waals surface area contributed by atoms with Gasteiger partial charge in [-0.25, -0.2) is 13.2 Å². The van der Waals surface area contributed by atoms with E-state index >= 15 is 0 Å². The van der Waals surface area contributed by atoms with Crippen molar-refractivity contribution in [2.75, 3.05) is 13.1 Å². The third-order valence-corrected chi connectivity index (χ3v) is 7.28. The second-order valence-corrected chi connectivity index (χ2v) is 9.90. The van der Waals surface area contributed by atoms with Crippen molar-refractivity contribution >= 4 is 10.1 Å². The van der Waals surface area contributed by atoms with Gasteiger partial charge in [0.15, 0.2) is 0 Å². The number of allylic oxidation sites excluding steroid dienone is 6. The summed E-state index contributed by atoms with van der Waals surface area (Å²) in [6, 6.07) is 11.6. The van der Waals surface area contributed by atoms with Gasteiger partial charge in [0.2, 0.25) is 34.8 Å². The molecule has 0 saturated carbocycles. The first-order valence-corrected chi connectivity index (χ1v) is 12.4. The van der Waals surface area contributed by atoms with Crippen LogP contribution in [-0.2, 0) is 16.7 Å². The van der Waals surface area contributed by atoms with Gasteiger partial charge in [-0.05, 0) is 17.2 Å². The van der Waals surface area contributed by atoms with Crippen LogP contribution >= 0.6 is 0 Å². The quantitative estimate of drug-likeness (QED) is 0.218. The second kappa shape index (κ2) is 10.7. The fourth-order valence-corrected chi connectivity index (χ4v) is 5.47. The zero-order valence-electron chi connectivity index (χ0n) is 19.0. The van der Waals surface area contributed by atoms with Crippen LogP contribution < -0.4 is 4.18 Å². The van der Waals surface area contributed by atoms with E-state index in [1.165, 1.54) is 24.3 Å². The maximum atomic E-state index is 14.2. The van der Waals surface area contributed by atoms with Crippen LogP contribution in [0.25, 0.3) is 0 Å². The van der Waals surface area contributed by atoms with Crippen LogP contribution in [0.1, 0.15) is 5.56 Å². The summed E-state index contributed by atoms with van der Waals surface area (Å²) in [6.45, 7) is 1.08. The van der Waals surface area contributed by atoms with E-state index in [-0.39, 0.29) is 12.1 Å². The van der Waals surface area contributed by atoms with E-state index in [4.69, 9.17) is 0 Å². The number of likely N-dealkylation sites (tertiary alicyclic amines) is 1. The van der Waals surface area contributed by atoms with E-state index in [1.807, 2.05) is 35.2 Å². The number of nitriles is 1. The summed E-state index contributed by atoms with van der Waals surface area (Å²) in [5.41, 5.74) is 1.08. The molecule has 1 aliphatic carbocycles. The van der Waals surface area contributed by atoms with Gasteiger partial charge in [0.05, 0.1) is 12.0 Å². The molecule has 0 amide bonds. The summed E-state index contributed by atoms with van der Waals surface area (Å²) in [5, 5.41) is 9.81. The minimum Gasteiger partial charge on any atom is -0.372 e. The molecule has 0 bridgehead atoms. The third kappa shape index (κ3) is 5.35. The average Bonchev–Trinajstić information content (AvgIpc) is 3.27. The van der Waals surface area contributed by atoms with Gasteiger partial charge in [-0.3, -0.25) is 4.90 Å². The zero-order valence-corrected chi connectivity index (χ0v) is 19.9. The first-order chi connectivity index (χ1) is 17.6. The average molecular weight is 535 g/mol. The van der Waals surface area contributed by atoms with Crippen molar-refractivity contribution in [3.05, 3.63) is 112 Å². The molecule has 192 valence electrons. The Balaban J connectivity index is 1.76. The van der Waals surface area contributed by atoms with Crippen molar-refractivity contribution in [2.45, 2.75) is 6.54 Å². The molecule has 11 heteroatoms. The summed E-state index contributed by atoms with van der Waals surface area (Å²) in [5.74, 6) is -15.2. The fourth-order valence-electron chi connectivity index (χ4n) is 4.26. The van der Waals surface area contributed by atoms with Crippen LogP contribution in [0, 0.1) is 52.3 Å². The normalized spacial score (nSPS) is 24.6. The Morgan fingerprint density at radius 1 is 0.865 bits per heavy atom. The van der Waals surface area contributed by atoms with E-state index in [2.05, 4.69) is 10.3 Å². The molecule has 2 aromatic carbocycles. The van der Waals surface area contributed by atoms with Gasteiger partial charge in [0, 0.05) is 25.6 Å². The Morgan fingerprint density at radius 2 is 1.46 bits per heavy atom. The highest BCUT2D eigenvalue weighted by atomic mass is 32.2.